The molecule has 1 aromatic rings. The van der Waals surface area contributed by atoms with Crippen molar-refractivity contribution in [1.29, 1.82) is 0 Å². The third-order valence-corrected chi connectivity index (χ3v) is 17.1. The summed E-state index contributed by atoms with van der Waals surface area (Å²) in [6.45, 7) is 31.2. The molecule has 516 valence electrons. The van der Waals surface area contributed by atoms with Crippen molar-refractivity contribution in [3.05, 3.63) is 23.3 Å². The van der Waals surface area contributed by atoms with E-state index in [-0.39, 0.29) is 62.2 Å². The Hall–Kier alpha value is -6.92. The van der Waals surface area contributed by atoms with Crippen LogP contribution >= 0.6 is 0 Å². The Morgan fingerprint density at radius 3 is 1.42 bits per heavy atom. The molecule has 1 aliphatic heterocycles. The molecule has 2 heterocycles. The predicted octanol–water partition coefficient (Wildman–Crippen LogP) is 3.61. The maximum absolute atomic E-state index is 15.4. The Morgan fingerprint density at radius 1 is 0.505 bits per heavy atom. The molecule has 12 unspecified atom stereocenters. The number of hydrogen-bond donors (Lipinski definition) is 6. The summed E-state index contributed by atoms with van der Waals surface area (Å²) in [6, 6.07) is -12.6. The molecule has 1 aromatic heterocycles. The third-order valence-electron chi connectivity index (χ3n) is 17.1. The van der Waals surface area contributed by atoms with Gasteiger partial charge in [0.2, 0.25) is 65.0 Å². The lowest BCUT2D eigenvalue weighted by Gasteiger charge is -2.41. The van der Waals surface area contributed by atoms with Crippen LogP contribution in [0.15, 0.2) is 6.08 Å². The smallest absolute Gasteiger partial charge is 0.246 e. The quantitative estimate of drug-likeness (QED) is 0.138. The van der Waals surface area contributed by atoms with Gasteiger partial charge in [-0.1, -0.05) is 103 Å². The zero-order chi connectivity index (χ0) is 70.1. The van der Waals surface area contributed by atoms with Gasteiger partial charge in [0.05, 0.1) is 18.3 Å². The normalized spacial score (nSPS) is 25.9. The first-order valence-electron chi connectivity index (χ1n) is 32.5. The number of allylic oxidation sites excluding steroid dienone is 1. The van der Waals surface area contributed by atoms with Gasteiger partial charge in [0, 0.05) is 61.4 Å². The summed E-state index contributed by atoms with van der Waals surface area (Å²) in [5.74, 6) is -9.62. The number of nitrogens with zero attached hydrogens (tertiary/aromatic N) is 8. The molecule has 6 N–H and O–H groups in total. The van der Waals surface area contributed by atoms with E-state index < -0.39 is 156 Å². The van der Waals surface area contributed by atoms with Crippen LogP contribution in [0.1, 0.15) is 167 Å². The molecule has 0 radical (unpaired) electrons. The minimum absolute atomic E-state index is 0.00409. The number of aromatic nitrogens is 2. The number of aliphatic hydroxyl groups excluding tert-OH is 1. The van der Waals surface area contributed by atoms with E-state index in [0.29, 0.717) is 11.5 Å². The highest BCUT2D eigenvalue weighted by atomic mass is 16.3. The zero-order valence-corrected chi connectivity index (χ0v) is 59.5. The van der Waals surface area contributed by atoms with E-state index in [0.717, 1.165) is 15.5 Å². The van der Waals surface area contributed by atoms with Crippen molar-refractivity contribution in [2.75, 3.05) is 55.9 Å². The van der Waals surface area contributed by atoms with Crippen LogP contribution in [0.4, 0.5) is 0 Å². The van der Waals surface area contributed by atoms with Gasteiger partial charge in [0.1, 0.15) is 66.2 Å². The topological polar surface area (TPSA) is 307 Å². The van der Waals surface area contributed by atoms with Crippen LogP contribution in [0.2, 0.25) is 0 Å². The molecule has 0 bridgehead atoms. The lowest BCUT2D eigenvalue weighted by molar-refractivity contribution is -0.157. The molecule has 0 saturated carbocycles. The standard InChI is InChI=1S/C66H115N13O12/c1-26-28-46-42(16)67-51(70-46)33-41(15)56(81)55-60(85)71-45(27-2)62(87)73(19)34-52(80)74(20)47(29-35(3)4)59(84)72-53(39(11)12)65(90)75(21)48(30-36(5)6)58(83)68-43(17)57(82)69-44(18)61(86)76(22)49(31-37(7)8)63(88)77(23)50(32-38(9)10)64(89)78(24)54(40(13)14)66(91)79(55)25/h26,28,35-41,43-45,47-50,53-56,81H,27,29-34H2,1-25H3,(H,67,70)(H,68,83)(H,69,82)(H,71,85)(H,72,84)/b28-26-. The van der Waals surface area contributed by atoms with Crippen molar-refractivity contribution >= 4 is 71.1 Å². The summed E-state index contributed by atoms with van der Waals surface area (Å²) in [7, 11) is 9.89. The van der Waals surface area contributed by atoms with Crippen molar-refractivity contribution in [2.45, 2.75) is 230 Å². The van der Waals surface area contributed by atoms with Crippen molar-refractivity contribution in [1.82, 2.24) is 65.5 Å². The number of hydrogen-bond acceptors (Lipinski definition) is 13. The van der Waals surface area contributed by atoms with Gasteiger partial charge >= 0.3 is 0 Å². The molecule has 91 heavy (non-hydrogen) atoms. The van der Waals surface area contributed by atoms with Gasteiger partial charge in [-0.15, -0.1) is 0 Å². The second kappa shape index (κ2) is 35.8. The van der Waals surface area contributed by atoms with Crippen molar-refractivity contribution < 1.29 is 57.8 Å². The summed E-state index contributed by atoms with van der Waals surface area (Å²) >= 11 is 0. The number of imidazole rings is 1. The predicted molar refractivity (Wildman–Crippen MR) is 351 cm³/mol. The lowest BCUT2D eigenvalue weighted by Crippen LogP contribution is -2.63. The number of rotatable bonds is 16. The van der Waals surface area contributed by atoms with E-state index in [1.807, 2.05) is 81.4 Å². The molecule has 25 nitrogen and oxygen atoms in total. The summed E-state index contributed by atoms with van der Waals surface area (Å²) in [6.07, 6.45) is 2.73. The summed E-state index contributed by atoms with van der Waals surface area (Å²) < 4.78 is 0. The van der Waals surface area contributed by atoms with Crippen LogP contribution in [0.3, 0.4) is 0 Å². The molecule has 0 spiro atoms. The van der Waals surface area contributed by atoms with Crippen LogP contribution in [0.5, 0.6) is 0 Å². The van der Waals surface area contributed by atoms with E-state index in [1.165, 1.54) is 87.7 Å². The highest BCUT2D eigenvalue weighted by Gasteiger charge is 2.46. The number of carbonyl (C=O) groups excluding carboxylic acids is 11. The number of amides is 11. The maximum atomic E-state index is 15.4. The number of likely N-dealkylation sites (N-methyl/N-ethyl adjacent to an activating group) is 7. The number of H-pyrrole nitrogens is 1. The molecule has 1 aliphatic rings. The fourth-order valence-corrected chi connectivity index (χ4v) is 11.6. The lowest BCUT2D eigenvalue weighted by atomic mass is 9.91. The Morgan fingerprint density at radius 2 is 0.945 bits per heavy atom. The fourth-order valence-electron chi connectivity index (χ4n) is 11.6. The highest BCUT2D eigenvalue weighted by Crippen LogP contribution is 2.26. The maximum Gasteiger partial charge on any atom is 0.246 e. The number of aliphatic hydroxyl groups is 1. The number of nitrogens with one attached hydrogen (secondary N) is 5. The van der Waals surface area contributed by atoms with Gasteiger partial charge in [0.25, 0.3) is 0 Å². The van der Waals surface area contributed by atoms with Gasteiger partial charge in [0.15, 0.2) is 0 Å². The van der Waals surface area contributed by atoms with E-state index in [2.05, 4.69) is 31.2 Å². The molecule has 12 atom stereocenters. The van der Waals surface area contributed by atoms with Crippen molar-refractivity contribution in [2.24, 2.45) is 41.4 Å². The Balaban J connectivity index is 3.02. The van der Waals surface area contributed by atoms with Gasteiger partial charge in [-0.3, -0.25) is 52.7 Å². The molecule has 0 aliphatic carbocycles. The van der Waals surface area contributed by atoms with E-state index in [4.69, 9.17) is 0 Å². The Kier molecular flexibility index (Phi) is 31.5. The first-order valence-corrected chi connectivity index (χ1v) is 32.5. The van der Waals surface area contributed by atoms with Gasteiger partial charge in [-0.2, -0.15) is 0 Å². The van der Waals surface area contributed by atoms with Crippen LogP contribution in [0.25, 0.3) is 6.08 Å². The van der Waals surface area contributed by atoms with Crippen molar-refractivity contribution in [3.63, 3.8) is 0 Å². The first kappa shape index (κ1) is 80.2. The molecule has 2 rings (SSSR count). The molecule has 1 saturated heterocycles. The van der Waals surface area contributed by atoms with Crippen LogP contribution < -0.4 is 21.3 Å². The largest absolute Gasteiger partial charge is 0.390 e. The van der Waals surface area contributed by atoms with Crippen LogP contribution in [-0.4, -0.2) is 237 Å². The molecule has 11 amide bonds. The molecular formula is C66H115N13O12. The fraction of sp³-hybridized carbons (Fsp3) is 0.758. The summed E-state index contributed by atoms with van der Waals surface area (Å²) in [5.41, 5.74) is 1.44. The second-order valence-electron chi connectivity index (χ2n) is 27.7. The van der Waals surface area contributed by atoms with E-state index in [9.17, 15) is 38.7 Å². The molecule has 1 fully saturated rings. The average molecular weight is 1280 g/mol. The molecule has 25 heteroatoms. The molecule has 0 aromatic carbocycles. The SMILES string of the molecule is C/C=C\c1nc(CC(C)C(O)C2C(=O)NC(CC)C(=O)N(C)CC(=O)N(C)C(CC(C)C)C(=O)NC(C(C)C)C(=O)N(C)C(CC(C)C)C(=O)NC(C)C(=O)NC(C)C(=O)N(C)C(CC(C)C)C(=O)N(C)C(CC(C)C)C(=O)N(C)C(C(C)C)C(=O)N2C)[nH]c1C. The van der Waals surface area contributed by atoms with Crippen LogP contribution in [-0.2, 0) is 59.2 Å². The Bertz CT molecular complexity index is 2710. The van der Waals surface area contributed by atoms with Gasteiger partial charge in [-0.25, -0.2) is 4.98 Å². The van der Waals surface area contributed by atoms with Crippen molar-refractivity contribution in [3.8, 4) is 0 Å². The number of aryl methyl sites for hydroxylation is 1. The zero-order valence-electron chi connectivity index (χ0n) is 59.5. The number of carbonyl (C=O) groups is 11. The third kappa shape index (κ3) is 21.9. The summed E-state index contributed by atoms with van der Waals surface area (Å²) in [5, 5.41) is 23.5. The minimum Gasteiger partial charge on any atom is -0.390 e. The number of aromatic amines is 1. The van der Waals surface area contributed by atoms with Gasteiger partial charge < -0.3 is 65.7 Å². The Labute approximate surface area is 542 Å². The van der Waals surface area contributed by atoms with Crippen LogP contribution in [0, 0.1) is 48.3 Å². The first-order chi connectivity index (χ1) is 42.1. The minimum atomic E-state index is -1.69. The summed E-state index contributed by atoms with van der Waals surface area (Å²) in [4.78, 5) is 178. The molecular weight excluding hydrogens is 1170 g/mol. The monoisotopic (exact) mass is 1280 g/mol. The van der Waals surface area contributed by atoms with Gasteiger partial charge in [-0.05, 0) is 107 Å². The second-order valence-corrected chi connectivity index (χ2v) is 27.7. The van der Waals surface area contributed by atoms with E-state index in [1.54, 1.807) is 41.5 Å². The van der Waals surface area contributed by atoms with E-state index >= 15 is 19.2 Å². The average Bonchev–Trinajstić information content (AvgIpc) is 1.60. The highest BCUT2D eigenvalue weighted by molar-refractivity contribution is 5.99.